The lowest BCUT2D eigenvalue weighted by molar-refractivity contribution is 0.398. The molecule has 0 spiro atoms. The predicted molar refractivity (Wildman–Crippen MR) is 96.1 cm³/mol. The number of hydrogen-bond acceptors (Lipinski definition) is 3. The highest BCUT2D eigenvalue weighted by atomic mass is 32.2. The lowest BCUT2D eigenvalue weighted by atomic mass is 9.92. The summed E-state index contributed by atoms with van der Waals surface area (Å²) in [6, 6.07) is 3.83. The fraction of sp³-hybridized carbons (Fsp3) is 0.684. The van der Waals surface area contributed by atoms with Crippen molar-refractivity contribution in [1.82, 2.24) is 4.72 Å². The molecule has 0 atom stereocenters. The Bertz CT molecular complexity index is 661. The van der Waals surface area contributed by atoms with Gasteiger partial charge in [-0.05, 0) is 61.8 Å². The molecule has 1 N–H and O–H groups in total. The number of ether oxygens (including phenoxy) is 1. The summed E-state index contributed by atoms with van der Waals surface area (Å²) in [5, 5.41) is 0. The van der Waals surface area contributed by atoms with Gasteiger partial charge >= 0.3 is 0 Å². The topological polar surface area (TPSA) is 55.4 Å². The van der Waals surface area contributed by atoms with Gasteiger partial charge in [-0.1, -0.05) is 32.1 Å². The zero-order valence-corrected chi connectivity index (χ0v) is 15.5. The number of benzene rings is 1. The van der Waals surface area contributed by atoms with Crippen LogP contribution >= 0.6 is 0 Å². The van der Waals surface area contributed by atoms with Gasteiger partial charge in [0.05, 0.1) is 7.11 Å². The second kappa shape index (κ2) is 7.87. The minimum absolute atomic E-state index is 0.0519. The molecule has 1 fully saturated rings. The third-order valence-electron chi connectivity index (χ3n) is 5.34. The van der Waals surface area contributed by atoms with Crippen LogP contribution in [0.3, 0.4) is 0 Å². The fourth-order valence-electron chi connectivity index (χ4n) is 3.97. The van der Waals surface area contributed by atoms with Crippen LogP contribution in [0.1, 0.15) is 68.9 Å². The molecule has 0 unspecified atom stereocenters. The van der Waals surface area contributed by atoms with Gasteiger partial charge < -0.3 is 4.74 Å². The number of aryl methyl sites for hydroxylation is 2. The van der Waals surface area contributed by atoms with E-state index in [1.54, 1.807) is 7.11 Å². The summed E-state index contributed by atoms with van der Waals surface area (Å²) in [7, 11) is -1.98. The molecule has 134 valence electrons. The normalized spacial score (nSPS) is 20.0. The quantitative estimate of drug-likeness (QED) is 0.893. The molecule has 0 saturated heterocycles. The van der Waals surface area contributed by atoms with Gasteiger partial charge in [0.1, 0.15) is 10.6 Å². The Morgan fingerprint density at radius 2 is 1.50 bits per heavy atom. The van der Waals surface area contributed by atoms with Gasteiger partial charge in [-0.3, -0.25) is 0 Å². The molecule has 5 heteroatoms. The van der Waals surface area contributed by atoms with Crippen molar-refractivity contribution in [2.24, 2.45) is 0 Å². The highest BCUT2D eigenvalue weighted by Crippen LogP contribution is 2.32. The van der Waals surface area contributed by atoms with Crippen LogP contribution in [-0.2, 0) is 22.9 Å². The van der Waals surface area contributed by atoms with Gasteiger partial charge in [-0.15, -0.1) is 0 Å². The van der Waals surface area contributed by atoms with E-state index in [2.05, 4.69) is 4.72 Å². The molecule has 1 aromatic rings. The predicted octanol–water partition coefficient (Wildman–Crippen LogP) is 3.97. The van der Waals surface area contributed by atoms with Crippen molar-refractivity contribution in [1.29, 1.82) is 0 Å². The summed E-state index contributed by atoms with van der Waals surface area (Å²) in [5.41, 5.74) is 2.41. The Morgan fingerprint density at radius 1 is 0.917 bits per heavy atom. The minimum atomic E-state index is -3.54. The molecule has 1 saturated carbocycles. The van der Waals surface area contributed by atoms with Crippen molar-refractivity contribution in [3.05, 3.63) is 23.3 Å². The largest absolute Gasteiger partial charge is 0.495 e. The van der Waals surface area contributed by atoms with Gasteiger partial charge in [0.25, 0.3) is 0 Å². The third kappa shape index (κ3) is 4.12. The molecule has 3 rings (SSSR count). The van der Waals surface area contributed by atoms with Crippen molar-refractivity contribution in [3.8, 4) is 5.75 Å². The molecule has 24 heavy (non-hydrogen) atoms. The van der Waals surface area contributed by atoms with Crippen LogP contribution < -0.4 is 9.46 Å². The Morgan fingerprint density at radius 3 is 2.12 bits per heavy atom. The SMILES string of the molecule is COc1cc2c(cc1S(=O)(=O)NC1CCCCCCC1)CCCC2. The number of sulfonamides is 1. The van der Waals surface area contributed by atoms with E-state index in [4.69, 9.17) is 4.74 Å². The summed E-state index contributed by atoms with van der Waals surface area (Å²) in [6.45, 7) is 0. The van der Waals surface area contributed by atoms with E-state index in [0.29, 0.717) is 10.6 Å². The molecule has 0 bridgehead atoms. The van der Waals surface area contributed by atoms with Gasteiger partial charge in [-0.25, -0.2) is 13.1 Å². The molecule has 0 radical (unpaired) electrons. The second-order valence-electron chi connectivity index (χ2n) is 7.14. The Labute approximate surface area is 146 Å². The molecule has 1 aromatic carbocycles. The Kier molecular flexibility index (Phi) is 5.82. The Hall–Kier alpha value is -1.07. The van der Waals surface area contributed by atoms with Crippen LogP contribution in [0.15, 0.2) is 17.0 Å². The van der Waals surface area contributed by atoms with E-state index in [0.717, 1.165) is 44.9 Å². The zero-order valence-electron chi connectivity index (χ0n) is 14.6. The standard InChI is InChI=1S/C19H29NO3S/c1-23-18-13-15-9-7-8-10-16(15)14-19(18)24(21,22)20-17-11-5-3-2-4-6-12-17/h13-14,17,20H,2-12H2,1H3. The van der Waals surface area contributed by atoms with Crippen LogP contribution in [0, 0.1) is 0 Å². The molecule has 0 aliphatic heterocycles. The van der Waals surface area contributed by atoms with Crippen LogP contribution in [0.25, 0.3) is 0 Å². The van der Waals surface area contributed by atoms with Crippen molar-refractivity contribution in [3.63, 3.8) is 0 Å². The van der Waals surface area contributed by atoms with Gasteiger partial charge in [0.2, 0.25) is 10.0 Å². The highest BCUT2D eigenvalue weighted by molar-refractivity contribution is 7.89. The van der Waals surface area contributed by atoms with Crippen LogP contribution in [0.2, 0.25) is 0 Å². The number of rotatable bonds is 4. The summed E-state index contributed by atoms with van der Waals surface area (Å²) in [5.74, 6) is 0.481. The summed E-state index contributed by atoms with van der Waals surface area (Å²) in [6.07, 6.45) is 12.1. The molecule has 0 amide bonds. The second-order valence-corrected chi connectivity index (χ2v) is 8.82. The summed E-state index contributed by atoms with van der Waals surface area (Å²) < 4.78 is 34.3. The first kappa shape index (κ1) is 17.7. The van der Waals surface area contributed by atoms with Crippen molar-refractivity contribution < 1.29 is 13.2 Å². The van der Waals surface area contributed by atoms with E-state index in [9.17, 15) is 8.42 Å². The van der Waals surface area contributed by atoms with Crippen molar-refractivity contribution in [2.75, 3.05) is 7.11 Å². The van der Waals surface area contributed by atoms with Crippen LogP contribution in [0.5, 0.6) is 5.75 Å². The molecular formula is C19H29NO3S. The maximum Gasteiger partial charge on any atom is 0.244 e. The molecule has 2 aliphatic rings. The Balaban J connectivity index is 1.85. The van der Waals surface area contributed by atoms with Crippen molar-refractivity contribution >= 4 is 10.0 Å². The van der Waals surface area contributed by atoms with E-state index >= 15 is 0 Å². The number of fused-ring (bicyclic) bond motifs is 1. The van der Waals surface area contributed by atoms with E-state index in [1.807, 2.05) is 12.1 Å². The van der Waals surface area contributed by atoms with Gasteiger partial charge in [0, 0.05) is 6.04 Å². The first-order valence-electron chi connectivity index (χ1n) is 9.32. The fourth-order valence-corrected chi connectivity index (χ4v) is 5.47. The monoisotopic (exact) mass is 351 g/mol. The average molecular weight is 352 g/mol. The smallest absolute Gasteiger partial charge is 0.244 e. The van der Waals surface area contributed by atoms with Crippen molar-refractivity contribution in [2.45, 2.75) is 81.6 Å². The van der Waals surface area contributed by atoms with Crippen LogP contribution in [-0.4, -0.2) is 21.6 Å². The molecular weight excluding hydrogens is 322 g/mol. The van der Waals surface area contributed by atoms with Gasteiger partial charge in [-0.2, -0.15) is 0 Å². The maximum absolute atomic E-state index is 13.0. The minimum Gasteiger partial charge on any atom is -0.495 e. The summed E-state index contributed by atoms with van der Waals surface area (Å²) in [4.78, 5) is 0.313. The number of nitrogens with one attached hydrogen (secondary N) is 1. The maximum atomic E-state index is 13.0. The molecule has 2 aliphatic carbocycles. The first-order valence-corrected chi connectivity index (χ1v) is 10.8. The summed E-state index contributed by atoms with van der Waals surface area (Å²) >= 11 is 0. The first-order chi connectivity index (χ1) is 11.6. The zero-order chi connectivity index (χ0) is 17.0. The molecule has 0 heterocycles. The average Bonchev–Trinajstić information content (AvgIpc) is 2.56. The lowest BCUT2D eigenvalue weighted by Crippen LogP contribution is -2.35. The number of hydrogen-bond donors (Lipinski definition) is 1. The lowest BCUT2D eigenvalue weighted by Gasteiger charge is -2.23. The van der Waals surface area contributed by atoms with Crippen LogP contribution in [0.4, 0.5) is 0 Å². The van der Waals surface area contributed by atoms with E-state index < -0.39 is 10.0 Å². The molecule has 4 nitrogen and oxygen atoms in total. The highest BCUT2D eigenvalue weighted by Gasteiger charge is 2.26. The third-order valence-corrected chi connectivity index (χ3v) is 6.89. The number of methoxy groups -OCH3 is 1. The van der Waals surface area contributed by atoms with E-state index in [1.165, 1.54) is 36.8 Å². The van der Waals surface area contributed by atoms with E-state index in [-0.39, 0.29) is 6.04 Å². The molecule has 0 aromatic heterocycles. The van der Waals surface area contributed by atoms with Gasteiger partial charge in [0.15, 0.2) is 0 Å².